The van der Waals surface area contributed by atoms with Crippen LogP contribution in [-0.4, -0.2) is 44.4 Å². The van der Waals surface area contributed by atoms with Gasteiger partial charge in [-0.2, -0.15) is 8.42 Å². The minimum absolute atomic E-state index is 0.0386. The lowest BCUT2D eigenvalue weighted by Crippen LogP contribution is -2.11. The monoisotopic (exact) mass is 601 g/mol. The molecule has 43 heavy (non-hydrogen) atoms. The summed E-state index contributed by atoms with van der Waals surface area (Å²) >= 11 is 0. The van der Waals surface area contributed by atoms with E-state index in [9.17, 15) is 33.6 Å². The number of aromatic hydroxyl groups is 2. The first-order chi connectivity index (χ1) is 20.6. The van der Waals surface area contributed by atoms with E-state index < -0.39 is 27.4 Å². The summed E-state index contributed by atoms with van der Waals surface area (Å²) in [7, 11) is -1.79. The van der Waals surface area contributed by atoms with Crippen molar-refractivity contribution in [3.63, 3.8) is 0 Å². The molecule has 4 aromatic carbocycles. The van der Waals surface area contributed by atoms with E-state index in [0.29, 0.717) is 11.1 Å². The van der Waals surface area contributed by atoms with Crippen LogP contribution in [-0.2, 0) is 19.7 Å². The van der Waals surface area contributed by atoms with Gasteiger partial charge in [0.15, 0.2) is 39.5 Å². The molecule has 0 heterocycles. The fourth-order valence-corrected chi connectivity index (χ4v) is 5.25. The summed E-state index contributed by atoms with van der Waals surface area (Å²) in [4.78, 5) is 27.2. The number of nitrogens with zero attached hydrogens (tertiary/aromatic N) is 2. The van der Waals surface area contributed by atoms with Gasteiger partial charge in [0.1, 0.15) is 4.90 Å². The van der Waals surface area contributed by atoms with Crippen LogP contribution in [0.25, 0.3) is 27.9 Å². The average molecular weight is 602 g/mol. The maximum absolute atomic E-state index is 13.3. The Kier molecular flexibility index (Phi) is 9.08. The fraction of sp³-hybridized carbons (Fsp3) is 0.0968. The molecule has 0 spiro atoms. The van der Waals surface area contributed by atoms with Gasteiger partial charge in [0.2, 0.25) is 11.1 Å². The van der Waals surface area contributed by atoms with Crippen LogP contribution in [0, 0.1) is 5.39 Å². The van der Waals surface area contributed by atoms with E-state index in [1.807, 2.05) is 0 Å². The lowest BCUT2D eigenvalue weighted by atomic mass is 10.1. The number of ketones is 2. The number of benzene rings is 4. The summed E-state index contributed by atoms with van der Waals surface area (Å²) in [5, 5.41) is 29.5. The van der Waals surface area contributed by atoms with Gasteiger partial charge in [0, 0.05) is 10.8 Å². The van der Waals surface area contributed by atoms with E-state index in [1.54, 1.807) is 24.3 Å². The van der Waals surface area contributed by atoms with Crippen LogP contribution in [0.2, 0.25) is 0 Å². The minimum Gasteiger partial charge on any atom is -0.504 e. The molecule has 0 unspecified atom stereocenters. The topological polar surface area (TPSA) is 165 Å². The Morgan fingerprint density at radius 3 is 2.00 bits per heavy atom. The molecule has 0 radical (unpaired) electrons. The molecular weight excluding hydrogens is 576 g/mol. The lowest BCUT2D eigenvalue weighted by molar-refractivity contribution is -0.121. The highest BCUT2D eigenvalue weighted by Crippen LogP contribution is 2.40. The van der Waals surface area contributed by atoms with Crippen molar-refractivity contribution < 1.29 is 41.9 Å². The van der Waals surface area contributed by atoms with Crippen molar-refractivity contribution in [3.8, 4) is 28.7 Å². The Labute approximate surface area is 246 Å². The van der Waals surface area contributed by atoms with E-state index in [2.05, 4.69) is 4.98 Å². The van der Waals surface area contributed by atoms with Crippen LogP contribution in [0.5, 0.6) is 28.7 Å². The summed E-state index contributed by atoms with van der Waals surface area (Å²) in [6.07, 6.45) is 5.01. The van der Waals surface area contributed by atoms with Crippen molar-refractivity contribution in [1.29, 1.82) is 5.39 Å². The largest absolute Gasteiger partial charge is 0.504 e. The first-order valence-electron chi connectivity index (χ1n) is 12.6. The molecule has 0 aliphatic heterocycles. The van der Waals surface area contributed by atoms with Crippen molar-refractivity contribution in [2.75, 3.05) is 14.2 Å². The number of phenolic OH excluding ortho intramolecular Hbond substituents is 2. The van der Waals surface area contributed by atoms with Gasteiger partial charge in [-0.25, -0.2) is 0 Å². The molecule has 4 rings (SSSR count). The molecule has 0 aromatic heterocycles. The van der Waals surface area contributed by atoms with Gasteiger partial charge < -0.3 is 23.9 Å². The first kappa shape index (κ1) is 30.3. The quantitative estimate of drug-likeness (QED) is 0.0932. The lowest BCUT2D eigenvalue weighted by Gasteiger charge is -2.12. The molecule has 0 atom stereocenters. The highest BCUT2D eigenvalue weighted by molar-refractivity contribution is 7.87. The molecule has 0 amide bonds. The summed E-state index contributed by atoms with van der Waals surface area (Å²) in [6.45, 7) is 0. The Morgan fingerprint density at radius 2 is 1.40 bits per heavy atom. The van der Waals surface area contributed by atoms with Crippen LogP contribution in [0.15, 0.2) is 83.8 Å². The molecule has 11 nitrogen and oxygen atoms in total. The molecular formula is C31H25N2O9S+. The summed E-state index contributed by atoms with van der Waals surface area (Å²) in [5.74, 6) is -1.21. The summed E-state index contributed by atoms with van der Waals surface area (Å²) < 4.78 is 42.2. The average Bonchev–Trinajstić information content (AvgIpc) is 3.00. The minimum atomic E-state index is -4.50. The molecule has 4 aromatic rings. The van der Waals surface area contributed by atoms with Crippen LogP contribution in [0.3, 0.4) is 0 Å². The SMILES string of the molecule is COc1cc(C=CC(=O)CC(=O)C=Cc2ccc(OS(=O)(=O)c3cc([N+]#N)c(O)c4ccccc34)c(OC)c2)ccc1O. The number of methoxy groups -OCH3 is 2. The highest BCUT2D eigenvalue weighted by atomic mass is 32.2. The number of allylic oxidation sites excluding steroid dienone is 2. The third-order valence-corrected chi connectivity index (χ3v) is 7.47. The molecule has 0 fully saturated rings. The van der Waals surface area contributed by atoms with Gasteiger partial charge in [-0.15, -0.1) is 0 Å². The molecule has 12 heteroatoms. The zero-order valence-corrected chi connectivity index (χ0v) is 23.7. The number of rotatable bonds is 11. The third kappa shape index (κ3) is 6.98. The Hall–Kier alpha value is -5.67. The van der Waals surface area contributed by atoms with Crippen molar-refractivity contribution in [1.82, 2.24) is 0 Å². The number of carbonyl (C=O) groups is 2. The number of carbonyl (C=O) groups excluding carboxylic acids is 2. The van der Waals surface area contributed by atoms with E-state index in [0.717, 1.165) is 6.07 Å². The summed E-state index contributed by atoms with van der Waals surface area (Å²) in [6, 6.07) is 15.9. The molecule has 0 aliphatic carbocycles. The molecule has 0 saturated carbocycles. The van der Waals surface area contributed by atoms with Crippen molar-refractivity contribution in [2.45, 2.75) is 11.3 Å². The predicted molar refractivity (Wildman–Crippen MR) is 159 cm³/mol. The van der Waals surface area contributed by atoms with Gasteiger partial charge >= 0.3 is 15.8 Å². The van der Waals surface area contributed by atoms with E-state index in [4.69, 9.17) is 13.7 Å². The maximum Gasteiger partial charge on any atom is 0.428 e. The molecule has 0 saturated heterocycles. The molecule has 0 aliphatic rings. The second kappa shape index (κ2) is 12.9. The van der Waals surface area contributed by atoms with E-state index >= 15 is 0 Å². The van der Waals surface area contributed by atoms with E-state index in [-0.39, 0.29) is 50.8 Å². The van der Waals surface area contributed by atoms with Gasteiger partial charge in [0.05, 0.1) is 26.7 Å². The van der Waals surface area contributed by atoms with Crippen LogP contribution in [0.4, 0.5) is 5.69 Å². The fourth-order valence-electron chi connectivity index (χ4n) is 4.08. The van der Waals surface area contributed by atoms with E-state index in [1.165, 1.54) is 74.9 Å². The standard InChI is InChI=1S/C31H24N2O9S/c1-40-28-15-19(9-13-26(28)36)7-11-21(34)17-22(35)12-8-20-10-14-27(29(16-20)41-2)42-43(38,39)30-18-25(33-32)31(37)24-6-4-3-5-23(24)30/h3-16,18H,17H2,1-2H3,(H-,34,36,37)/p+1. The highest BCUT2D eigenvalue weighted by Gasteiger charge is 2.29. The predicted octanol–water partition coefficient (Wildman–Crippen LogP) is 5.78. The number of fused-ring (bicyclic) bond motifs is 1. The zero-order valence-electron chi connectivity index (χ0n) is 22.9. The van der Waals surface area contributed by atoms with Crippen molar-refractivity contribution in [3.05, 3.63) is 95.0 Å². The van der Waals surface area contributed by atoms with Crippen LogP contribution in [0.1, 0.15) is 17.5 Å². The number of ether oxygens (including phenoxy) is 2. The normalized spacial score (nSPS) is 11.5. The molecule has 2 N–H and O–H groups in total. The van der Waals surface area contributed by atoms with Crippen LogP contribution >= 0.6 is 0 Å². The number of phenols is 2. The number of hydrogen-bond acceptors (Lipinski definition) is 10. The number of hydrogen-bond donors (Lipinski definition) is 2. The van der Waals surface area contributed by atoms with Gasteiger partial charge in [-0.1, -0.05) is 48.6 Å². The Bertz CT molecular complexity index is 1940. The molecule has 0 bridgehead atoms. The summed E-state index contributed by atoms with van der Waals surface area (Å²) in [5.41, 5.74) is 0.711. The van der Waals surface area contributed by atoms with Crippen molar-refractivity contribution >= 4 is 50.3 Å². The van der Waals surface area contributed by atoms with Gasteiger partial charge in [0.25, 0.3) is 0 Å². The van der Waals surface area contributed by atoms with Crippen molar-refractivity contribution in [2.24, 2.45) is 0 Å². The second-order valence-corrected chi connectivity index (χ2v) is 10.6. The Balaban J connectivity index is 1.48. The van der Waals surface area contributed by atoms with Gasteiger partial charge in [-0.05, 0) is 47.5 Å². The maximum atomic E-state index is 13.3. The van der Waals surface area contributed by atoms with Crippen LogP contribution < -0.4 is 13.7 Å². The smallest absolute Gasteiger partial charge is 0.428 e. The first-order valence-corrected chi connectivity index (χ1v) is 14.0. The third-order valence-electron chi connectivity index (χ3n) is 6.20. The molecule has 218 valence electrons. The zero-order chi connectivity index (χ0) is 31.1. The van der Waals surface area contributed by atoms with Gasteiger partial charge in [-0.3, -0.25) is 9.59 Å². The number of diazo groups is 1. The second-order valence-electron chi connectivity index (χ2n) is 9.04. The Morgan fingerprint density at radius 1 is 0.814 bits per heavy atom.